The number of rotatable bonds is 3. The topological polar surface area (TPSA) is 15.3 Å². The summed E-state index contributed by atoms with van der Waals surface area (Å²) < 4.78 is 13.6. The van der Waals surface area contributed by atoms with Gasteiger partial charge in [-0.3, -0.25) is 0 Å². The Bertz CT molecular complexity index is 370. The van der Waals surface area contributed by atoms with Crippen LogP contribution in [0.4, 0.5) is 10.1 Å². The zero-order valence-corrected chi connectivity index (χ0v) is 10.1. The maximum Gasteiger partial charge on any atom is 0.146 e. The van der Waals surface area contributed by atoms with Gasteiger partial charge in [-0.05, 0) is 31.2 Å². The summed E-state index contributed by atoms with van der Waals surface area (Å²) in [5.74, 6) is -0.193. The molecule has 2 nitrogen and oxygen atoms in total. The fourth-order valence-electron chi connectivity index (χ4n) is 2.16. The lowest BCUT2D eigenvalue weighted by Gasteiger charge is -2.19. The Hall–Kier alpha value is -0.800. The number of nitrogens with one attached hydrogen (secondary N) is 1. The fourth-order valence-corrected chi connectivity index (χ4v) is 2.33. The van der Waals surface area contributed by atoms with Crippen molar-refractivity contribution in [2.75, 3.05) is 24.5 Å². The Kier molecular flexibility index (Phi) is 3.66. The number of benzene rings is 1. The maximum absolute atomic E-state index is 13.6. The summed E-state index contributed by atoms with van der Waals surface area (Å²) in [6, 6.07) is 5.17. The second kappa shape index (κ2) is 5.02. The van der Waals surface area contributed by atoms with E-state index in [9.17, 15) is 4.39 Å². The first-order chi connectivity index (χ1) is 7.70. The van der Waals surface area contributed by atoms with Crippen molar-refractivity contribution in [3.63, 3.8) is 0 Å². The molecule has 4 heteroatoms. The second-order valence-electron chi connectivity index (χ2n) is 4.09. The summed E-state index contributed by atoms with van der Waals surface area (Å²) >= 11 is 5.88. The van der Waals surface area contributed by atoms with Gasteiger partial charge in [0.1, 0.15) is 5.82 Å². The van der Waals surface area contributed by atoms with Crippen LogP contribution in [0.2, 0.25) is 5.02 Å². The zero-order chi connectivity index (χ0) is 11.5. The predicted molar refractivity (Wildman–Crippen MR) is 65.7 cm³/mol. The van der Waals surface area contributed by atoms with Crippen molar-refractivity contribution >= 4 is 17.3 Å². The highest BCUT2D eigenvalue weighted by atomic mass is 35.5. The molecule has 1 aromatic carbocycles. The minimum absolute atomic E-state index is 0.193. The lowest BCUT2D eigenvalue weighted by Crippen LogP contribution is -2.32. The Labute approximate surface area is 100 Å². The van der Waals surface area contributed by atoms with Crippen molar-refractivity contribution in [3.05, 3.63) is 29.0 Å². The Morgan fingerprint density at radius 3 is 3.12 bits per heavy atom. The molecule has 0 bridgehead atoms. The lowest BCUT2D eigenvalue weighted by atomic mass is 10.2. The Morgan fingerprint density at radius 1 is 1.56 bits per heavy atom. The highest BCUT2D eigenvalue weighted by Crippen LogP contribution is 2.26. The quantitative estimate of drug-likeness (QED) is 0.877. The standard InChI is InChI=1S/C12H16ClFN2/c1-2-15-10-5-6-16(8-10)12-7-9(13)3-4-11(12)14/h3-4,7,10,15H,2,5-6,8H2,1H3. The molecule has 1 saturated heterocycles. The summed E-state index contributed by atoms with van der Waals surface area (Å²) in [6.45, 7) is 4.78. The molecule has 1 N–H and O–H groups in total. The molecule has 0 spiro atoms. The van der Waals surface area contributed by atoms with Crippen LogP contribution >= 0.6 is 11.6 Å². The summed E-state index contributed by atoms with van der Waals surface area (Å²) in [7, 11) is 0. The van der Waals surface area contributed by atoms with Gasteiger partial charge in [0.2, 0.25) is 0 Å². The third-order valence-corrected chi connectivity index (χ3v) is 3.17. The molecule has 1 heterocycles. The van der Waals surface area contributed by atoms with Gasteiger partial charge in [0, 0.05) is 24.2 Å². The third-order valence-electron chi connectivity index (χ3n) is 2.93. The van der Waals surface area contributed by atoms with Crippen LogP contribution in [0.3, 0.4) is 0 Å². The number of likely N-dealkylation sites (N-methyl/N-ethyl adjacent to an activating group) is 1. The number of hydrogen-bond donors (Lipinski definition) is 1. The molecule has 1 aromatic rings. The Balaban J connectivity index is 2.11. The van der Waals surface area contributed by atoms with Crippen LogP contribution < -0.4 is 10.2 Å². The molecule has 0 aromatic heterocycles. The summed E-state index contributed by atoms with van der Waals surface area (Å²) in [5.41, 5.74) is 0.618. The average molecular weight is 243 g/mol. The van der Waals surface area contributed by atoms with Crippen molar-refractivity contribution < 1.29 is 4.39 Å². The van der Waals surface area contributed by atoms with Crippen LogP contribution in [0, 0.1) is 5.82 Å². The number of halogens is 2. The van der Waals surface area contributed by atoms with E-state index in [1.165, 1.54) is 6.07 Å². The molecule has 88 valence electrons. The number of anilines is 1. The number of hydrogen-bond acceptors (Lipinski definition) is 2. The molecule has 1 fully saturated rings. The van der Waals surface area contributed by atoms with Gasteiger partial charge in [-0.1, -0.05) is 18.5 Å². The molecule has 16 heavy (non-hydrogen) atoms. The van der Waals surface area contributed by atoms with E-state index in [1.807, 2.05) is 0 Å². The summed E-state index contributed by atoms with van der Waals surface area (Å²) in [5, 5.41) is 3.97. The van der Waals surface area contributed by atoms with Crippen LogP contribution in [-0.2, 0) is 0 Å². The molecule has 0 aliphatic carbocycles. The van der Waals surface area contributed by atoms with Crippen LogP contribution in [-0.4, -0.2) is 25.7 Å². The predicted octanol–water partition coefficient (Wildman–Crippen LogP) is 2.67. The molecular weight excluding hydrogens is 227 g/mol. The molecule has 1 atom stereocenters. The van der Waals surface area contributed by atoms with E-state index < -0.39 is 0 Å². The van der Waals surface area contributed by atoms with Crippen LogP contribution in [0.5, 0.6) is 0 Å². The molecule has 2 rings (SSSR count). The van der Waals surface area contributed by atoms with E-state index >= 15 is 0 Å². The highest BCUT2D eigenvalue weighted by Gasteiger charge is 2.23. The summed E-state index contributed by atoms with van der Waals surface area (Å²) in [4.78, 5) is 2.05. The highest BCUT2D eigenvalue weighted by molar-refractivity contribution is 6.30. The molecule has 0 amide bonds. The van der Waals surface area contributed by atoms with E-state index in [1.54, 1.807) is 12.1 Å². The van der Waals surface area contributed by atoms with Gasteiger partial charge >= 0.3 is 0 Å². The molecule has 1 aliphatic heterocycles. The third kappa shape index (κ3) is 2.47. The fraction of sp³-hybridized carbons (Fsp3) is 0.500. The smallest absolute Gasteiger partial charge is 0.146 e. The molecule has 0 radical (unpaired) electrons. The largest absolute Gasteiger partial charge is 0.368 e. The van der Waals surface area contributed by atoms with E-state index in [4.69, 9.17) is 11.6 Å². The maximum atomic E-state index is 13.6. The monoisotopic (exact) mass is 242 g/mol. The molecular formula is C12H16ClFN2. The van der Waals surface area contributed by atoms with E-state index in [-0.39, 0.29) is 5.82 Å². The zero-order valence-electron chi connectivity index (χ0n) is 9.34. The first kappa shape index (κ1) is 11.7. The number of nitrogens with zero attached hydrogens (tertiary/aromatic N) is 1. The van der Waals surface area contributed by atoms with E-state index in [2.05, 4.69) is 17.1 Å². The average Bonchev–Trinajstić information content (AvgIpc) is 2.71. The molecule has 1 unspecified atom stereocenters. The summed E-state index contributed by atoms with van der Waals surface area (Å²) in [6.07, 6.45) is 1.06. The lowest BCUT2D eigenvalue weighted by molar-refractivity contribution is 0.570. The van der Waals surface area contributed by atoms with Gasteiger partial charge in [-0.2, -0.15) is 0 Å². The van der Waals surface area contributed by atoms with Gasteiger partial charge < -0.3 is 10.2 Å². The minimum atomic E-state index is -0.193. The first-order valence-corrected chi connectivity index (χ1v) is 6.02. The van der Waals surface area contributed by atoms with E-state index in [0.717, 1.165) is 26.1 Å². The van der Waals surface area contributed by atoms with Gasteiger partial charge in [0.25, 0.3) is 0 Å². The van der Waals surface area contributed by atoms with Crippen molar-refractivity contribution in [3.8, 4) is 0 Å². The Morgan fingerprint density at radius 2 is 2.38 bits per heavy atom. The van der Waals surface area contributed by atoms with Crippen molar-refractivity contribution in [1.82, 2.24) is 5.32 Å². The first-order valence-electron chi connectivity index (χ1n) is 5.64. The normalized spacial score (nSPS) is 20.4. The van der Waals surface area contributed by atoms with Gasteiger partial charge in [-0.15, -0.1) is 0 Å². The van der Waals surface area contributed by atoms with Gasteiger partial charge in [-0.25, -0.2) is 4.39 Å². The second-order valence-corrected chi connectivity index (χ2v) is 4.52. The van der Waals surface area contributed by atoms with Crippen molar-refractivity contribution in [2.45, 2.75) is 19.4 Å². The SMILES string of the molecule is CCNC1CCN(c2cc(Cl)ccc2F)C1. The molecule has 1 aliphatic rings. The van der Waals surface area contributed by atoms with Crippen LogP contribution in [0.1, 0.15) is 13.3 Å². The van der Waals surface area contributed by atoms with Crippen LogP contribution in [0.15, 0.2) is 18.2 Å². The van der Waals surface area contributed by atoms with Gasteiger partial charge in [0.15, 0.2) is 0 Å². The minimum Gasteiger partial charge on any atom is -0.368 e. The van der Waals surface area contributed by atoms with Gasteiger partial charge in [0.05, 0.1) is 5.69 Å². The van der Waals surface area contributed by atoms with Crippen molar-refractivity contribution in [1.29, 1.82) is 0 Å². The van der Waals surface area contributed by atoms with Crippen molar-refractivity contribution in [2.24, 2.45) is 0 Å². The van der Waals surface area contributed by atoms with Crippen LogP contribution in [0.25, 0.3) is 0 Å². The van der Waals surface area contributed by atoms with E-state index in [0.29, 0.717) is 16.8 Å². The molecule has 0 saturated carbocycles.